The second-order valence-corrected chi connectivity index (χ2v) is 7.28. The standard InChI is InChI=1S/C15H30N2/c1-11(12-6-7-12)17(5)14-9-8-13(14)10-16-15(2,3)4/h11-14,16H,6-10H2,1-5H3. The Morgan fingerprint density at radius 1 is 1.18 bits per heavy atom. The van der Waals surface area contributed by atoms with E-state index in [0.29, 0.717) is 0 Å². The monoisotopic (exact) mass is 238 g/mol. The molecule has 17 heavy (non-hydrogen) atoms. The van der Waals surface area contributed by atoms with Crippen LogP contribution in [0.4, 0.5) is 0 Å². The second-order valence-electron chi connectivity index (χ2n) is 7.28. The maximum Gasteiger partial charge on any atom is 0.0136 e. The van der Waals surface area contributed by atoms with Gasteiger partial charge in [-0.25, -0.2) is 0 Å². The molecule has 0 spiro atoms. The van der Waals surface area contributed by atoms with Crippen molar-refractivity contribution in [2.45, 2.75) is 71.0 Å². The fraction of sp³-hybridized carbons (Fsp3) is 1.00. The van der Waals surface area contributed by atoms with Crippen LogP contribution >= 0.6 is 0 Å². The van der Waals surface area contributed by atoms with Gasteiger partial charge in [0, 0.05) is 17.6 Å². The van der Waals surface area contributed by atoms with E-state index < -0.39 is 0 Å². The van der Waals surface area contributed by atoms with Crippen molar-refractivity contribution in [1.82, 2.24) is 10.2 Å². The lowest BCUT2D eigenvalue weighted by Gasteiger charge is -2.46. The first kappa shape index (κ1) is 13.4. The molecule has 2 fully saturated rings. The van der Waals surface area contributed by atoms with Crippen LogP contribution in [0.15, 0.2) is 0 Å². The van der Waals surface area contributed by atoms with E-state index in [1.807, 2.05) is 0 Å². The first-order chi connectivity index (χ1) is 7.88. The van der Waals surface area contributed by atoms with E-state index in [1.165, 1.54) is 32.2 Å². The zero-order valence-corrected chi connectivity index (χ0v) is 12.3. The van der Waals surface area contributed by atoms with Gasteiger partial charge >= 0.3 is 0 Å². The Balaban J connectivity index is 1.77. The molecule has 0 amide bonds. The Hall–Kier alpha value is -0.0800. The smallest absolute Gasteiger partial charge is 0.0136 e. The summed E-state index contributed by atoms with van der Waals surface area (Å²) in [7, 11) is 2.34. The van der Waals surface area contributed by atoms with Crippen molar-refractivity contribution >= 4 is 0 Å². The largest absolute Gasteiger partial charge is 0.312 e. The average molecular weight is 238 g/mol. The summed E-state index contributed by atoms with van der Waals surface area (Å²) in [5.41, 5.74) is 0.265. The minimum Gasteiger partial charge on any atom is -0.312 e. The molecule has 100 valence electrons. The Kier molecular flexibility index (Phi) is 3.84. The zero-order valence-electron chi connectivity index (χ0n) is 12.3. The van der Waals surface area contributed by atoms with Crippen LogP contribution in [0.3, 0.4) is 0 Å². The zero-order chi connectivity index (χ0) is 12.6. The third kappa shape index (κ3) is 3.45. The molecule has 2 aliphatic carbocycles. The third-order valence-electron chi connectivity index (χ3n) is 4.74. The van der Waals surface area contributed by atoms with Crippen molar-refractivity contribution in [3.63, 3.8) is 0 Å². The molecule has 0 aliphatic heterocycles. The van der Waals surface area contributed by atoms with Gasteiger partial charge in [-0.15, -0.1) is 0 Å². The second kappa shape index (κ2) is 4.89. The van der Waals surface area contributed by atoms with Crippen molar-refractivity contribution in [1.29, 1.82) is 0 Å². The van der Waals surface area contributed by atoms with Crippen molar-refractivity contribution in [3.8, 4) is 0 Å². The van der Waals surface area contributed by atoms with Gasteiger partial charge in [0.25, 0.3) is 0 Å². The highest BCUT2D eigenvalue weighted by Crippen LogP contribution is 2.39. The minimum absolute atomic E-state index is 0.265. The van der Waals surface area contributed by atoms with Gasteiger partial charge < -0.3 is 10.2 Å². The topological polar surface area (TPSA) is 15.3 Å². The van der Waals surface area contributed by atoms with Crippen molar-refractivity contribution in [2.24, 2.45) is 11.8 Å². The van der Waals surface area contributed by atoms with E-state index in [2.05, 4.69) is 45.0 Å². The van der Waals surface area contributed by atoms with E-state index >= 15 is 0 Å². The number of nitrogens with zero attached hydrogens (tertiary/aromatic N) is 1. The lowest BCUT2D eigenvalue weighted by atomic mass is 9.77. The molecule has 3 unspecified atom stereocenters. The van der Waals surface area contributed by atoms with Crippen molar-refractivity contribution in [2.75, 3.05) is 13.6 Å². The Bertz CT molecular complexity index is 252. The molecule has 0 aromatic carbocycles. The highest BCUT2D eigenvalue weighted by Gasteiger charge is 2.39. The molecule has 2 heteroatoms. The molecular weight excluding hydrogens is 208 g/mol. The highest BCUT2D eigenvalue weighted by atomic mass is 15.2. The van der Waals surface area contributed by atoms with Crippen molar-refractivity contribution < 1.29 is 0 Å². The fourth-order valence-electron chi connectivity index (χ4n) is 2.98. The third-order valence-corrected chi connectivity index (χ3v) is 4.74. The van der Waals surface area contributed by atoms with Gasteiger partial charge in [-0.3, -0.25) is 0 Å². The summed E-state index contributed by atoms with van der Waals surface area (Å²) >= 11 is 0. The Morgan fingerprint density at radius 3 is 2.24 bits per heavy atom. The van der Waals surface area contributed by atoms with Gasteiger partial charge in [-0.2, -0.15) is 0 Å². The van der Waals surface area contributed by atoms with Crippen molar-refractivity contribution in [3.05, 3.63) is 0 Å². The van der Waals surface area contributed by atoms with Crippen LogP contribution in [0.5, 0.6) is 0 Å². The summed E-state index contributed by atoms with van der Waals surface area (Å²) in [6.07, 6.45) is 5.74. The number of hydrogen-bond donors (Lipinski definition) is 1. The maximum atomic E-state index is 3.67. The highest BCUT2D eigenvalue weighted by molar-refractivity contribution is 4.94. The summed E-state index contributed by atoms with van der Waals surface area (Å²) in [6.45, 7) is 10.4. The molecule has 2 aliphatic rings. The summed E-state index contributed by atoms with van der Waals surface area (Å²) in [5, 5.41) is 3.67. The normalized spacial score (nSPS) is 31.4. The summed E-state index contributed by atoms with van der Waals surface area (Å²) < 4.78 is 0. The number of nitrogens with one attached hydrogen (secondary N) is 1. The predicted octanol–water partition coefficient (Wildman–Crippen LogP) is 2.88. The average Bonchev–Trinajstić information content (AvgIpc) is 2.96. The SMILES string of the molecule is CC(C1CC1)N(C)C1CCC1CNC(C)(C)C. The molecule has 0 radical (unpaired) electrons. The summed E-state index contributed by atoms with van der Waals surface area (Å²) in [4.78, 5) is 2.66. The van der Waals surface area contributed by atoms with E-state index in [0.717, 1.165) is 23.9 Å². The van der Waals surface area contributed by atoms with Gasteiger partial charge in [0.1, 0.15) is 0 Å². The van der Waals surface area contributed by atoms with Crippen LogP contribution in [0.25, 0.3) is 0 Å². The van der Waals surface area contributed by atoms with E-state index in [4.69, 9.17) is 0 Å². The quantitative estimate of drug-likeness (QED) is 0.792. The summed E-state index contributed by atoms with van der Waals surface area (Å²) in [5.74, 6) is 1.87. The maximum absolute atomic E-state index is 3.67. The molecule has 3 atom stereocenters. The van der Waals surface area contributed by atoms with Crippen LogP contribution in [0, 0.1) is 11.8 Å². The van der Waals surface area contributed by atoms with Crippen LogP contribution in [-0.2, 0) is 0 Å². The Morgan fingerprint density at radius 2 is 1.82 bits per heavy atom. The number of rotatable bonds is 5. The molecule has 1 N–H and O–H groups in total. The molecular formula is C15H30N2. The molecule has 0 heterocycles. The van der Waals surface area contributed by atoms with E-state index in [1.54, 1.807) is 0 Å². The molecule has 2 nitrogen and oxygen atoms in total. The lowest BCUT2D eigenvalue weighted by Crippen LogP contribution is -2.54. The van der Waals surface area contributed by atoms with Gasteiger partial charge in [0.2, 0.25) is 0 Å². The minimum atomic E-state index is 0.265. The molecule has 2 saturated carbocycles. The van der Waals surface area contributed by atoms with Gasteiger partial charge in [-0.1, -0.05) is 0 Å². The van der Waals surface area contributed by atoms with Crippen LogP contribution < -0.4 is 5.32 Å². The van der Waals surface area contributed by atoms with Crippen LogP contribution in [-0.4, -0.2) is 36.1 Å². The first-order valence-corrected chi connectivity index (χ1v) is 7.35. The molecule has 0 bridgehead atoms. The van der Waals surface area contributed by atoms with Crippen LogP contribution in [0.2, 0.25) is 0 Å². The van der Waals surface area contributed by atoms with E-state index in [9.17, 15) is 0 Å². The van der Waals surface area contributed by atoms with E-state index in [-0.39, 0.29) is 5.54 Å². The van der Waals surface area contributed by atoms with Gasteiger partial charge in [0.05, 0.1) is 0 Å². The molecule has 0 aromatic rings. The first-order valence-electron chi connectivity index (χ1n) is 7.35. The molecule has 0 saturated heterocycles. The lowest BCUT2D eigenvalue weighted by molar-refractivity contribution is 0.0451. The Labute approximate surface area is 107 Å². The molecule has 0 aromatic heterocycles. The van der Waals surface area contributed by atoms with Gasteiger partial charge in [0.15, 0.2) is 0 Å². The summed E-state index contributed by atoms with van der Waals surface area (Å²) in [6, 6.07) is 1.64. The fourth-order valence-corrected chi connectivity index (χ4v) is 2.98. The number of hydrogen-bond acceptors (Lipinski definition) is 2. The molecule has 2 rings (SSSR count). The van der Waals surface area contributed by atoms with Gasteiger partial charge in [-0.05, 0) is 78.8 Å². The van der Waals surface area contributed by atoms with Crippen LogP contribution in [0.1, 0.15) is 53.4 Å². The predicted molar refractivity (Wildman–Crippen MR) is 74.2 cm³/mol.